The number of hydrogen-bond donors (Lipinski definition) is 1. The topological polar surface area (TPSA) is 49.8 Å². The Hall–Kier alpha value is -1.55. The molecule has 1 aliphatic carbocycles. The number of rotatable bonds is 6. The Balaban J connectivity index is 1.96. The summed E-state index contributed by atoms with van der Waals surface area (Å²) < 4.78 is 5.57. The van der Waals surface area contributed by atoms with Crippen LogP contribution in [0.2, 0.25) is 0 Å². The van der Waals surface area contributed by atoms with E-state index in [0.717, 1.165) is 19.4 Å². The van der Waals surface area contributed by atoms with Crippen molar-refractivity contribution >= 4 is 5.91 Å². The normalized spacial score (nSPS) is 15.9. The second-order valence-corrected chi connectivity index (χ2v) is 4.91. The van der Waals surface area contributed by atoms with Crippen LogP contribution in [0, 0.1) is 0 Å². The number of nitrogens with zero attached hydrogens (tertiary/aromatic N) is 1. The van der Waals surface area contributed by atoms with Crippen molar-refractivity contribution in [1.29, 1.82) is 0 Å². The maximum atomic E-state index is 12.0. The van der Waals surface area contributed by atoms with Crippen molar-refractivity contribution in [1.82, 2.24) is 4.90 Å². The van der Waals surface area contributed by atoms with Gasteiger partial charge in [0, 0.05) is 18.2 Å². The van der Waals surface area contributed by atoms with Gasteiger partial charge in [0.25, 0.3) is 5.91 Å². The van der Waals surface area contributed by atoms with Crippen LogP contribution in [0.1, 0.15) is 38.4 Å². The minimum atomic E-state index is -0.600. The number of hydrogen-bond acceptors (Lipinski definition) is 3. The molecule has 1 saturated carbocycles. The second-order valence-electron chi connectivity index (χ2n) is 4.91. The molecular weight excluding hydrogens is 242 g/mol. The highest BCUT2D eigenvalue weighted by molar-refractivity contribution is 5.78. The number of likely N-dealkylation sites (N-methyl/N-ethyl adjacent to an activating group) is 1. The Morgan fingerprint density at radius 1 is 1.47 bits per heavy atom. The Labute approximate surface area is 114 Å². The minimum absolute atomic E-state index is 0.0189. The number of ether oxygens (including phenoxy) is 1. The van der Waals surface area contributed by atoms with Gasteiger partial charge in [0.05, 0.1) is 6.10 Å². The van der Waals surface area contributed by atoms with Crippen molar-refractivity contribution in [3.63, 3.8) is 0 Å². The van der Waals surface area contributed by atoms with Gasteiger partial charge >= 0.3 is 0 Å². The zero-order valence-electron chi connectivity index (χ0n) is 11.5. The Morgan fingerprint density at radius 3 is 2.74 bits per heavy atom. The monoisotopic (exact) mass is 263 g/mol. The fraction of sp³-hybridized carbons (Fsp3) is 0.533. The van der Waals surface area contributed by atoms with Crippen LogP contribution >= 0.6 is 0 Å². The summed E-state index contributed by atoms with van der Waals surface area (Å²) >= 11 is 0. The van der Waals surface area contributed by atoms with Gasteiger partial charge < -0.3 is 14.7 Å². The summed E-state index contributed by atoms with van der Waals surface area (Å²) in [7, 11) is 0. The predicted molar refractivity (Wildman–Crippen MR) is 73.0 cm³/mol. The molecule has 1 aromatic rings. The third-order valence-electron chi connectivity index (χ3n) is 3.37. The number of aliphatic hydroxyl groups excluding tert-OH is 1. The standard InChI is InChI=1S/C15H21NO3/c1-3-16(12-8-9-12)15(18)10-19-14-7-5-4-6-13(14)11(2)17/h4-7,11-12,17H,3,8-10H2,1-2H3/t11-/m0/s1. The molecule has 0 aliphatic heterocycles. The summed E-state index contributed by atoms with van der Waals surface area (Å²) in [6, 6.07) is 7.68. The molecule has 0 spiro atoms. The Bertz CT molecular complexity index is 441. The quantitative estimate of drug-likeness (QED) is 0.855. The van der Waals surface area contributed by atoms with Crippen LogP contribution < -0.4 is 4.74 Å². The molecular formula is C15H21NO3. The van der Waals surface area contributed by atoms with E-state index in [1.807, 2.05) is 30.0 Å². The van der Waals surface area contributed by atoms with Gasteiger partial charge in [0.15, 0.2) is 6.61 Å². The van der Waals surface area contributed by atoms with E-state index in [1.165, 1.54) is 0 Å². The molecule has 1 aromatic carbocycles. The fourth-order valence-corrected chi connectivity index (χ4v) is 2.20. The van der Waals surface area contributed by atoms with Crippen LogP contribution in [0.3, 0.4) is 0 Å². The SMILES string of the molecule is CCN(C(=O)COc1ccccc1[C@H](C)O)C1CC1. The molecule has 0 saturated heterocycles. The summed E-state index contributed by atoms with van der Waals surface area (Å²) in [4.78, 5) is 13.9. The highest BCUT2D eigenvalue weighted by atomic mass is 16.5. The van der Waals surface area contributed by atoms with Crippen LogP contribution in [0.15, 0.2) is 24.3 Å². The van der Waals surface area contributed by atoms with Gasteiger partial charge in [-0.3, -0.25) is 4.79 Å². The maximum absolute atomic E-state index is 12.0. The number of para-hydroxylation sites is 1. The molecule has 0 unspecified atom stereocenters. The number of aliphatic hydroxyl groups is 1. The van der Waals surface area contributed by atoms with E-state index in [0.29, 0.717) is 17.4 Å². The van der Waals surface area contributed by atoms with Crippen molar-refractivity contribution < 1.29 is 14.6 Å². The van der Waals surface area contributed by atoms with Crippen LogP contribution in [-0.4, -0.2) is 35.1 Å². The predicted octanol–water partition coefficient (Wildman–Crippen LogP) is 2.13. The Kier molecular flexibility index (Phi) is 4.43. The van der Waals surface area contributed by atoms with Gasteiger partial charge in [-0.25, -0.2) is 0 Å². The van der Waals surface area contributed by atoms with Crippen LogP contribution in [0.25, 0.3) is 0 Å². The molecule has 0 aromatic heterocycles. The molecule has 4 nitrogen and oxygen atoms in total. The van der Waals surface area contributed by atoms with Crippen LogP contribution in [0.4, 0.5) is 0 Å². The molecule has 19 heavy (non-hydrogen) atoms. The van der Waals surface area contributed by atoms with Gasteiger partial charge in [-0.15, -0.1) is 0 Å². The molecule has 1 aliphatic rings. The summed E-state index contributed by atoms with van der Waals surface area (Å²) in [6.45, 7) is 4.44. The molecule has 0 bridgehead atoms. The lowest BCUT2D eigenvalue weighted by Gasteiger charge is -2.21. The van der Waals surface area contributed by atoms with E-state index in [9.17, 15) is 9.90 Å². The molecule has 0 heterocycles. The number of carbonyl (C=O) groups excluding carboxylic acids is 1. The van der Waals surface area contributed by atoms with E-state index >= 15 is 0 Å². The zero-order valence-corrected chi connectivity index (χ0v) is 11.5. The van der Waals surface area contributed by atoms with Crippen molar-refractivity contribution in [3.8, 4) is 5.75 Å². The first-order valence-corrected chi connectivity index (χ1v) is 6.82. The number of amides is 1. The molecule has 4 heteroatoms. The summed E-state index contributed by atoms with van der Waals surface area (Å²) in [5.74, 6) is 0.600. The second kappa shape index (κ2) is 6.06. The largest absolute Gasteiger partial charge is 0.483 e. The molecule has 2 rings (SSSR count). The highest BCUT2D eigenvalue weighted by Gasteiger charge is 2.31. The third kappa shape index (κ3) is 3.47. The average molecular weight is 263 g/mol. The highest BCUT2D eigenvalue weighted by Crippen LogP contribution is 2.27. The maximum Gasteiger partial charge on any atom is 0.260 e. The van der Waals surface area contributed by atoms with E-state index in [2.05, 4.69) is 0 Å². The van der Waals surface area contributed by atoms with E-state index in [-0.39, 0.29) is 12.5 Å². The summed E-state index contributed by atoms with van der Waals surface area (Å²) in [5, 5.41) is 9.65. The molecule has 1 atom stereocenters. The number of benzene rings is 1. The molecule has 1 fully saturated rings. The lowest BCUT2D eigenvalue weighted by atomic mass is 10.1. The van der Waals surface area contributed by atoms with Crippen LogP contribution in [0.5, 0.6) is 5.75 Å². The smallest absolute Gasteiger partial charge is 0.260 e. The lowest BCUT2D eigenvalue weighted by Crippen LogP contribution is -2.36. The molecule has 1 amide bonds. The summed E-state index contributed by atoms with van der Waals surface area (Å²) in [5.41, 5.74) is 0.713. The van der Waals surface area contributed by atoms with E-state index in [1.54, 1.807) is 13.0 Å². The average Bonchev–Trinajstić information content (AvgIpc) is 3.22. The number of carbonyl (C=O) groups is 1. The van der Waals surface area contributed by atoms with E-state index < -0.39 is 6.10 Å². The first-order chi connectivity index (χ1) is 9.13. The van der Waals surface area contributed by atoms with E-state index in [4.69, 9.17) is 4.74 Å². The Morgan fingerprint density at radius 2 is 2.16 bits per heavy atom. The molecule has 0 radical (unpaired) electrons. The van der Waals surface area contributed by atoms with Gasteiger partial charge in [-0.05, 0) is 32.8 Å². The van der Waals surface area contributed by atoms with Crippen molar-refractivity contribution in [3.05, 3.63) is 29.8 Å². The van der Waals surface area contributed by atoms with Crippen molar-refractivity contribution in [2.45, 2.75) is 38.8 Å². The van der Waals surface area contributed by atoms with Crippen molar-refractivity contribution in [2.24, 2.45) is 0 Å². The van der Waals surface area contributed by atoms with Gasteiger partial charge in [-0.2, -0.15) is 0 Å². The first kappa shape index (κ1) is 13.9. The molecule has 1 N–H and O–H groups in total. The molecule has 104 valence electrons. The van der Waals surface area contributed by atoms with Gasteiger partial charge in [0.2, 0.25) is 0 Å². The van der Waals surface area contributed by atoms with Gasteiger partial charge in [0.1, 0.15) is 5.75 Å². The lowest BCUT2D eigenvalue weighted by molar-refractivity contribution is -0.133. The summed E-state index contributed by atoms with van der Waals surface area (Å²) in [6.07, 6.45) is 1.60. The third-order valence-corrected chi connectivity index (χ3v) is 3.37. The fourth-order valence-electron chi connectivity index (χ4n) is 2.20. The van der Waals surface area contributed by atoms with Crippen LogP contribution in [-0.2, 0) is 4.79 Å². The zero-order chi connectivity index (χ0) is 13.8. The van der Waals surface area contributed by atoms with Crippen molar-refractivity contribution in [2.75, 3.05) is 13.2 Å². The first-order valence-electron chi connectivity index (χ1n) is 6.82. The minimum Gasteiger partial charge on any atom is -0.483 e. The van der Waals surface area contributed by atoms with Gasteiger partial charge in [-0.1, -0.05) is 18.2 Å².